The van der Waals surface area contributed by atoms with Crippen molar-refractivity contribution in [3.8, 4) is 0 Å². The molecule has 2 N–H and O–H groups in total. The third-order valence-corrected chi connectivity index (χ3v) is 3.11. The van der Waals surface area contributed by atoms with E-state index in [-0.39, 0.29) is 5.91 Å². The van der Waals surface area contributed by atoms with Crippen molar-refractivity contribution >= 4 is 46.3 Å². The molecule has 1 heterocycles. The number of hydrogen-bond donors (Lipinski definition) is 2. The first-order valence-electron chi connectivity index (χ1n) is 6.06. The normalized spacial score (nSPS) is 10.2. The molecule has 1 aromatic heterocycles. The van der Waals surface area contributed by atoms with Gasteiger partial charge in [0.05, 0.1) is 22.6 Å². The van der Waals surface area contributed by atoms with Crippen molar-refractivity contribution in [2.24, 2.45) is 0 Å². The lowest BCUT2D eigenvalue weighted by Gasteiger charge is -2.09. The van der Waals surface area contributed by atoms with Gasteiger partial charge in [0, 0.05) is 11.4 Å². The van der Waals surface area contributed by atoms with Crippen LogP contribution in [0.4, 0.5) is 17.2 Å². The van der Waals surface area contributed by atoms with Gasteiger partial charge in [0.25, 0.3) is 0 Å². The van der Waals surface area contributed by atoms with E-state index >= 15 is 0 Å². The fraction of sp³-hybridized carbons (Fsp3) is 0.143. The zero-order valence-electron chi connectivity index (χ0n) is 10.8. The minimum atomic E-state index is -0.0704. The highest BCUT2D eigenvalue weighted by Gasteiger charge is 2.03. The van der Waals surface area contributed by atoms with Crippen LogP contribution in [0.15, 0.2) is 36.5 Å². The first kappa shape index (κ1) is 14.6. The zero-order valence-corrected chi connectivity index (χ0v) is 12.3. The largest absolute Gasteiger partial charge is 0.353 e. The number of nitrogens with one attached hydrogen (secondary N) is 2. The van der Waals surface area contributed by atoms with Crippen LogP contribution in [0.2, 0.25) is 10.0 Å². The number of halogens is 2. The van der Waals surface area contributed by atoms with Crippen LogP contribution in [0.1, 0.15) is 13.3 Å². The molecule has 0 saturated carbocycles. The Bertz CT molecular complexity index is 614. The number of carbonyl (C=O) groups is 1. The number of anilines is 3. The van der Waals surface area contributed by atoms with Crippen molar-refractivity contribution in [1.29, 1.82) is 0 Å². The van der Waals surface area contributed by atoms with Crippen molar-refractivity contribution in [3.63, 3.8) is 0 Å². The first-order valence-corrected chi connectivity index (χ1v) is 6.82. The molecule has 4 nitrogen and oxygen atoms in total. The van der Waals surface area contributed by atoms with Gasteiger partial charge in [-0.15, -0.1) is 0 Å². The van der Waals surface area contributed by atoms with Crippen molar-refractivity contribution in [1.82, 2.24) is 4.98 Å². The van der Waals surface area contributed by atoms with Crippen molar-refractivity contribution in [3.05, 3.63) is 46.6 Å². The fourth-order valence-electron chi connectivity index (χ4n) is 1.52. The van der Waals surface area contributed by atoms with E-state index in [1.165, 1.54) is 0 Å². The molecule has 0 fully saturated rings. The summed E-state index contributed by atoms with van der Waals surface area (Å²) in [7, 11) is 0. The van der Waals surface area contributed by atoms with E-state index in [0.717, 1.165) is 11.4 Å². The molecule has 1 aromatic carbocycles. The maximum absolute atomic E-state index is 11.2. The molecular weight excluding hydrogens is 297 g/mol. The number of nitrogens with zero attached hydrogens (tertiary/aromatic N) is 1. The minimum Gasteiger partial charge on any atom is -0.353 e. The summed E-state index contributed by atoms with van der Waals surface area (Å²) in [5.41, 5.74) is 1.51. The SMILES string of the molecule is CCC(=O)Nc1ccc(Nc2ccc(Cl)cc2Cl)cn1. The minimum absolute atomic E-state index is 0.0704. The van der Waals surface area contributed by atoms with Crippen LogP contribution < -0.4 is 10.6 Å². The second kappa shape index (κ2) is 6.59. The Morgan fingerprint density at radius 2 is 2.05 bits per heavy atom. The number of rotatable bonds is 4. The average molecular weight is 310 g/mol. The topological polar surface area (TPSA) is 54.0 Å². The Morgan fingerprint density at radius 3 is 2.65 bits per heavy atom. The Hall–Kier alpha value is -1.78. The van der Waals surface area contributed by atoms with Crippen LogP contribution >= 0.6 is 23.2 Å². The van der Waals surface area contributed by atoms with Crippen LogP contribution in [-0.2, 0) is 4.79 Å². The molecule has 0 aliphatic rings. The summed E-state index contributed by atoms with van der Waals surface area (Å²) < 4.78 is 0. The number of aromatic nitrogens is 1. The lowest BCUT2D eigenvalue weighted by Crippen LogP contribution is -2.10. The van der Waals surface area contributed by atoms with Gasteiger partial charge in [-0.2, -0.15) is 0 Å². The Morgan fingerprint density at radius 1 is 1.25 bits per heavy atom. The van der Waals surface area contributed by atoms with Crippen LogP contribution in [0.3, 0.4) is 0 Å². The highest BCUT2D eigenvalue weighted by atomic mass is 35.5. The van der Waals surface area contributed by atoms with Gasteiger partial charge in [-0.3, -0.25) is 4.79 Å². The van der Waals surface area contributed by atoms with Gasteiger partial charge in [-0.25, -0.2) is 4.98 Å². The molecule has 20 heavy (non-hydrogen) atoms. The number of carbonyl (C=O) groups excluding carboxylic acids is 1. The molecule has 0 atom stereocenters. The third kappa shape index (κ3) is 3.85. The van der Waals surface area contributed by atoms with Crippen molar-refractivity contribution in [2.75, 3.05) is 10.6 Å². The lowest BCUT2D eigenvalue weighted by atomic mass is 10.3. The van der Waals surface area contributed by atoms with E-state index in [1.54, 1.807) is 37.4 Å². The quantitative estimate of drug-likeness (QED) is 0.875. The van der Waals surface area contributed by atoms with Crippen LogP contribution in [0.25, 0.3) is 0 Å². The Labute approximate surface area is 127 Å². The molecule has 2 rings (SSSR count). The van der Waals surface area contributed by atoms with Gasteiger partial charge in [0.15, 0.2) is 0 Å². The van der Waals surface area contributed by atoms with Gasteiger partial charge in [0.2, 0.25) is 5.91 Å². The lowest BCUT2D eigenvalue weighted by molar-refractivity contribution is -0.115. The van der Waals surface area contributed by atoms with Crippen LogP contribution in [0, 0.1) is 0 Å². The maximum Gasteiger partial charge on any atom is 0.225 e. The van der Waals surface area contributed by atoms with Gasteiger partial charge in [-0.05, 0) is 30.3 Å². The predicted molar refractivity (Wildman–Crippen MR) is 82.9 cm³/mol. The Balaban J connectivity index is 2.08. The van der Waals surface area contributed by atoms with Gasteiger partial charge >= 0.3 is 0 Å². The van der Waals surface area contributed by atoms with E-state index in [1.807, 2.05) is 6.07 Å². The molecule has 2 aromatic rings. The van der Waals surface area contributed by atoms with E-state index in [0.29, 0.717) is 22.3 Å². The second-order valence-corrected chi connectivity index (χ2v) is 4.93. The molecule has 0 radical (unpaired) electrons. The molecule has 0 aliphatic carbocycles. The summed E-state index contributed by atoms with van der Waals surface area (Å²) in [4.78, 5) is 15.4. The summed E-state index contributed by atoms with van der Waals surface area (Å²) >= 11 is 11.9. The fourth-order valence-corrected chi connectivity index (χ4v) is 1.98. The predicted octanol–water partition coefficient (Wildman–Crippen LogP) is 4.48. The smallest absolute Gasteiger partial charge is 0.225 e. The molecule has 6 heteroatoms. The van der Waals surface area contributed by atoms with Crippen LogP contribution in [-0.4, -0.2) is 10.9 Å². The van der Waals surface area contributed by atoms with Crippen molar-refractivity contribution in [2.45, 2.75) is 13.3 Å². The highest BCUT2D eigenvalue weighted by molar-refractivity contribution is 6.36. The monoisotopic (exact) mass is 309 g/mol. The van der Waals surface area contributed by atoms with Gasteiger partial charge in [-0.1, -0.05) is 30.1 Å². The molecule has 0 bridgehead atoms. The second-order valence-electron chi connectivity index (χ2n) is 4.08. The summed E-state index contributed by atoms with van der Waals surface area (Å²) in [6.07, 6.45) is 2.04. The summed E-state index contributed by atoms with van der Waals surface area (Å²) in [5, 5.41) is 6.92. The third-order valence-electron chi connectivity index (χ3n) is 2.56. The van der Waals surface area contributed by atoms with Gasteiger partial charge < -0.3 is 10.6 Å². The van der Waals surface area contributed by atoms with Crippen molar-refractivity contribution < 1.29 is 4.79 Å². The van der Waals surface area contributed by atoms with E-state index in [9.17, 15) is 4.79 Å². The molecule has 0 saturated heterocycles. The molecule has 104 valence electrons. The standard InChI is InChI=1S/C14H13Cl2N3O/c1-2-14(20)19-13-6-4-10(8-17-13)18-12-5-3-9(15)7-11(12)16/h3-8,18H,2H2,1H3,(H,17,19,20). The molecule has 0 spiro atoms. The Kier molecular flexibility index (Phi) is 4.82. The number of pyridine rings is 1. The van der Waals surface area contributed by atoms with E-state index in [2.05, 4.69) is 15.6 Å². The summed E-state index contributed by atoms with van der Waals surface area (Å²) in [6, 6.07) is 8.73. The molecule has 1 amide bonds. The number of amides is 1. The maximum atomic E-state index is 11.2. The van der Waals surface area contributed by atoms with Gasteiger partial charge in [0.1, 0.15) is 5.82 Å². The summed E-state index contributed by atoms with van der Waals surface area (Å²) in [6.45, 7) is 1.79. The molecule has 0 unspecified atom stereocenters. The molecule has 0 aliphatic heterocycles. The number of hydrogen-bond acceptors (Lipinski definition) is 3. The van der Waals surface area contributed by atoms with E-state index in [4.69, 9.17) is 23.2 Å². The zero-order chi connectivity index (χ0) is 14.5. The average Bonchev–Trinajstić information content (AvgIpc) is 2.44. The molecular formula is C14H13Cl2N3O. The summed E-state index contributed by atoms with van der Waals surface area (Å²) in [5.74, 6) is 0.448. The first-order chi connectivity index (χ1) is 9.58. The highest BCUT2D eigenvalue weighted by Crippen LogP contribution is 2.28. The number of benzene rings is 1. The van der Waals surface area contributed by atoms with Crippen LogP contribution in [0.5, 0.6) is 0 Å². The van der Waals surface area contributed by atoms with E-state index < -0.39 is 0 Å².